The fraction of sp³-hybridized carbons (Fsp3) is 0.538. The van der Waals surface area contributed by atoms with Crippen LogP contribution in [0.5, 0.6) is 0 Å². The molecule has 2 rings (SSSR count). The summed E-state index contributed by atoms with van der Waals surface area (Å²) in [4.78, 5) is 30.3. The lowest BCUT2D eigenvalue weighted by Crippen LogP contribution is -2.51. The van der Waals surface area contributed by atoms with Crippen LogP contribution in [-0.4, -0.2) is 65.9 Å². The van der Waals surface area contributed by atoms with Crippen LogP contribution in [0.3, 0.4) is 0 Å². The first-order valence-electron chi connectivity index (χ1n) is 6.83. The van der Waals surface area contributed by atoms with Crippen molar-refractivity contribution >= 4 is 35.0 Å². The van der Waals surface area contributed by atoms with Crippen molar-refractivity contribution in [3.8, 4) is 0 Å². The Morgan fingerprint density at radius 1 is 1.29 bits per heavy atom. The van der Waals surface area contributed by atoms with Gasteiger partial charge in [0.25, 0.3) is 5.91 Å². The van der Waals surface area contributed by atoms with Gasteiger partial charge in [-0.1, -0.05) is 23.2 Å². The molecule has 6 nitrogen and oxygen atoms in total. The molecule has 2 heterocycles. The number of halogens is 2. The fourth-order valence-corrected chi connectivity index (χ4v) is 2.57. The monoisotopic (exact) mass is 332 g/mol. The van der Waals surface area contributed by atoms with Crippen LogP contribution < -0.4 is 5.32 Å². The lowest BCUT2D eigenvalue weighted by molar-refractivity contribution is -0.122. The van der Waals surface area contributed by atoms with E-state index < -0.39 is 0 Å². The number of aromatic nitrogens is 1. The molecule has 116 valence electrons. The Hall–Kier alpha value is -1.24. The normalized spacial score (nSPS) is 16.0. The molecule has 0 radical (unpaired) electrons. The first-order valence-corrected chi connectivity index (χ1v) is 7.59. The van der Waals surface area contributed by atoms with Crippen molar-refractivity contribution in [2.75, 3.05) is 39.3 Å². The maximum absolute atomic E-state index is 12.3. The van der Waals surface area contributed by atoms with E-state index in [0.717, 1.165) is 0 Å². The van der Waals surface area contributed by atoms with E-state index in [1.54, 1.807) is 4.90 Å². The minimum atomic E-state index is -0.124. The van der Waals surface area contributed by atoms with Gasteiger partial charge in [-0.25, -0.2) is 0 Å². The smallest absolute Gasteiger partial charge is 0.270 e. The van der Waals surface area contributed by atoms with Crippen LogP contribution in [0.4, 0.5) is 0 Å². The molecular weight excluding hydrogens is 315 g/mol. The molecule has 21 heavy (non-hydrogen) atoms. The maximum atomic E-state index is 12.3. The van der Waals surface area contributed by atoms with Gasteiger partial charge in [-0.2, -0.15) is 0 Å². The van der Waals surface area contributed by atoms with Crippen molar-refractivity contribution in [2.45, 2.75) is 6.92 Å². The van der Waals surface area contributed by atoms with E-state index in [9.17, 15) is 9.59 Å². The van der Waals surface area contributed by atoms with Crippen LogP contribution in [-0.2, 0) is 4.79 Å². The number of nitrogens with zero attached hydrogens (tertiary/aromatic N) is 2. The zero-order chi connectivity index (χ0) is 15.4. The molecule has 1 aromatic heterocycles. The van der Waals surface area contributed by atoms with E-state index in [1.165, 1.54) is 6.07 Å². The molecular formula is C13H18Cl2N4O2. The van der Waals surface area contributed by atoms with E-state index >= 15 is 0 Å². The van der Waals surface area contributed by atoms with Gasteiger partial charge >= 0.3 is 0 Å². The number of hydrogen-bond acceptors (Lipinski definition) is 3. The summed E-state index contributed by atoms with van der Waals surface area (Å²) in [7, 11) is 0. The molecule has 2 N–H and O–H groups in total. The van der Waals surface area contributed by atoms with Crippen LogP contribution in [0, 0.1) is 0 Å². The van der Waals surface area contributed by atoms with Gasteiger partial charge in [-0.05, 0) is 13.0 Å². The van der Waals surface area contributed by atoms with Crippen LogP contribution in [0.15, 0.2) is 6.07 Å². The van der Waals surface area contributed by atoms with E-state index in [4.69, 9.17) is 23.2 Å². The Bertz CT molecular complexity index is 505. The van der Waals surface area contributed by atoms with Crippen LogP contribution >= 0.6 is 23.2 Å². The van der Waals surface area contributed by atoms with Gasteiger partial charge in [0.15, 0.2) is 0 Å². The number of hydrogen-bond donors (Lipinski definition) is 2. The standard InChI is InChI=1S/C13H18Cl2N4O2/c1-2-16-11(20)8-18-3-5-19(6-4-18)13(21)10-7-9(14)12(15)17-10/h7,17H,2-6,8H2,1H3,(H,16,20). The number of piperazine rings is 1. The highest BCUT2D eigenvalue weighted by atomic mass is 35.5. The molecule has 0 unspecified atom stereocenters. The molecule has 2 amide bonds. The second-order valence-electron chi connectivity index (χ2n) is 4.87. The van der Waals surface area contributed by atoms with Gasteiger partial charge in [0.2, 0.25) is 5.91 Å². The van der Waals surface area contributed by atoms with E-state index in [2.05, 4.69) is 10.3 Å². The Labute approximate surface area is 133 Å². The van der Waals surface area contributed by atoms with Crippen LogP contribution in [0.1, 0.15) is 17.4 Å². The molecule has 0 aliphatic carbocycles. The Balaban J connectivity index is 1.86. The molecule has 1 aromatic rings. The van der Waals surface area contributed by atoms with Gasteiger partial charge in [0.05, 0.1) is 11.6 Å². The molecule has 0 aromatic carbocycles. The van der Waals surface area contributed by atoms with Gasteiger partial charge in [0, 0.05) is 32.7 Å². The van der Waals surface area contributed by atoms with Crippen LogP contribution in [0.2, 0.25) is 10.2 Å². The van der Waals surface area contributed by atoms with E-state index in [-0.39, 0.29) is 17.0 Å². The number of H-pyrrole nitrogens is 1. The van der Waals surface area contributed by atoms with Crippen molar-refractivity contribution in [1.82, 2.24) is 20.1 Å². The summed E-state index contributed by atoms with van der Waals surface area (Å²) in [5, 5.41) is 3.38. The second-order valence-corrected chi connectivity index (χ2v) is 5.65. The number of rotatable bonds is 4. The number of nitrogens with one attached hydrogen (secondary N) is 2. The third kappa shape index (κ3) is 4.12. The minimum absolute atomic E-state index is 0.0141. The fourth-order valence-electron chi connectivity index (χ4n) is 2.25. The first kappa shape index (κ1) is 16.1. The zero-order valence-corrected chi connectivity index (χ0v) is 13.3. The Morgan fingerprint density at radius 3 is 2.48 bits per heavy atom. The zero-order valence-electron chi connectivity index (χ0n) is 11.8. The Morgan fingerprint density at radius 2 is 1.95 bits per heavy atom. The Kier molecular flexibility index (Phi) is 5.50. The predicted molar refractivity (Wildman–Crippen MR) is 81.8 cm³/mol. The number of amides is 2. The molecule has 0 atom stereocenters. The summed E-state index contributed by atoms with van der Waals surface area (Å²) in [5.74, 6) is -0.110. The van der Waals surface area contributed by atoms with Crippen molar-refractivity contribution < 1.29 is 9.59 Å². The summed E-state index contributed by atoms with van der Waals surface area (Å²) in [6.07, 6.45) is 0. The molecule has 0 bridgehead atoms. The topological polar surface area (TPSA) is 68.4 Å². The van der Waals surface area contributed by atoms with Crippen molar-refractivity contribution in [3.05, 3.63) is 21.9 Å². The molecule has 1 aliphatic rings. The first-order chi connectivity index (χ1) is 10.0. The highest BCUT2D eigenvalue weighted by Gasteiger charge is 2.24. The number of carbonyl (C=O) groups is 2. The third-order valence-electron chi connectivity index (χ3n) is 3.36. The highest BCUT2D eigenvalue weighted by Crippen LogP contribution is 2.22. The second kappa shape index (κ2) is 7.15. The molecule has 0 saturated carbocycles. The number of aromatic amines is 1. The number of likely N-dealkylation sites (N-methyl/N-ethyl adjacent to an activating group) is 1. The average molecular weight is 333 g/mol. The van der Waals surface area contributed by atoms with E-state index in [1.807, 2.05) is 11.8 Å². The van der Waals surface area contributed by atoms with Crippen molar-refractivity contribution in [1.29, 1.82) is 0 Å². The predicted octanol–water partition coefficient (Wildman–Crippen LogP) is 1.22. The summed E-state index contributed by atoms with van der Waals surface area (Å²) < 4.78 is 0. The maximum Gasteiger partial charge on any atom is 0.270 e. The van der Waals surface area contributed by atoms with E-state index in [0.29, 0.717) is 50.0 Å². The molecule has 1 saturated heterocycles. The molecule has 8 heteroatoms. The minimum Gasteiger partial charge on any atom is -0.355 e. The number of carbonyl (C=O) groups excluding carboxylic acids is 2. The lowest BCUT2D eigenvalue weighted by Gasteiger charge is -2.34. The summed E-state index contributed by atoms with van der Waals surface area (Å²) >= 11 is 11.6. The van der Waals surface area contributed by atoms with Crippen LogP contribution in [0.25, 0.3) is 0 Å². The van der Waals surface area contributed by atoms with Crippen molar-refractivity contribution in [3.63, 3.8) is 0 Å². The van der Waals surface area contributed by atoms with Gasteiger partial charge < -0.3 is 15.2 Å². The molecule has 1 fully saturated rings. The largest absolute Gasteiger partial charge is 0.355 e. The van der Waals surface area contributed by atoms with Gasteiger partial charge in [-0.3, -0.25) is 14.5 Å². The lowest BCUT2D eigenvalue weighted by atomic mass is 10.2. The third-order valence-corrected chi connectivity index (χ3v) is 4.05. The highest BCUT2D eigenvalue weighted by molar-refractivity contribution is 6.41. The quantitative estimate of drug-likeness (QED) is 0.870. The summed E-state index contributed by atoms with van der Waals surface area (Å²) in [5.41, 5.74) is 0.391. The molecule has 0 spiro atoms. The van der Waals surface area contributed by atoms with Crippen molar-refractivity contribution in [2.24, 2.45) is 0 Å². The summed E-state index contributed by atoms with van der Waals surface area (Å²) in [6, 6.07) is 1.54. The SMILES string of the molecule is CCNC(=O)CN1CCN(C(=O)c2cc(Cl)c(Cl)[nH]2)CC1. The average Bonchev–Trinajstić information content (AvgIpc) is 2.79. The van der Waals surface area contributed by atoms with Gasteiger partial charge in [-0.15, -0.1) is 0 Å². The summed E-state index contributed by atoms with van der Waals surface area (Å²) in [6.45, 7) is 5.39. The van der Waals surface area contributed by atoms with Gasteiger partial charge in [0.1, 0.15) is 10.8 Å². The molecule has 1 aliphatic heterocycles.